The number of nitrogens with two attached hydrogens (primary N) is 1. The normalized spacial score (nSPS) is 10.5. The molecule has 0 bridgehead atoms. The van der Waals surface area contributed by atoms with Crippen molar-refractivity contribution in [3.63, 3.8) is 0 Å². The summed E-state index contributed by atoms with van der Waals surface area (Å²) in [5.74, 6) is -0.607. The fourth-order valence-corrected chi connectivity index (χ4v) is 2.36. The summed E-state index contributed by atoms with van der Waals surface area (Å²) in [4.78, 5) is 12.2. The number of ketones is 1. The first-order valence-corrected chi connectivity index (χ1v) is 6.66. The molecular weight excluding hydrogens is 333 g/mol. The Balaban J connectivity index is 2.25. The summed E-state index contributed by atoms with van der Waals surface area (Å²) in [6.07, 6.45) is 0.141. The first-order valence-electron chi connectivity index (χ1n) is 5.49. The lowest BCUT2D eigenvalue weighted by Gasteiger charge is -2.06. The van der Waals surface area contributed by atoms with E-state index < -0.39 is 5.82 Å². The second kappa shape index (κ2) is 5.72. The van der Waals surface area contributed by atoms with Crippen molar-refractivity contribution in [3.05, 3.63) is 62.8 Å². The SMILES string of the molecule is Nc1ccc(Br)c(C(=O)Cc2ccc(F)c(Cl)c2)c1. The molecular formula is C14H10BrClFNO. The molecule has 2 aromatic carbocycles. The highest BCUT2D eigenvalue weighted by Crippen LogP contribution is 2.22. The molecule has 2 aromatic rings. The van der Waals surface area contributed by atoms with Gasteiger partial charge in [-0.05, 0) is 35.9 Å². The van der Waals surface area contributed by atoms with Crippen LogP contribution in [0, 0.1) is 5.82 Å². The third-order valence-electron chi connectivity index (χ3n) is 2.64. The van der Waals surface area contributed by atoms with Crippen molar-refractivity contribution in [3.8, 4) is 0 Å². The van der Waals surface area contributed by atoms with Crippen LogP contribution in [-0.4, -0.2) is 5.78 Å². The standard InChI is InChI=1S/C14H10BrClFNO/c15-11-3-2-9(18)7-10(11)14(19)6-8-1-4-13(17)12(16)5-8/h1-5,7H,6,18H2. The van der Waals surface area contributed by atoms with E-state index in [1.165, 1.54) is 12.1 Å². The second-order valence-electron chi connectivity index (χ2n) is 4.09. The van der Waals surface area contributed by atoms with Crippen molar-refractivity contribution in [2.24, 2.45) is 0 Å². The van der Waals surface area contributed by atoms with Gasteiger partial charge in [0.1, 0.15) is 5.82 Å². The molecule has 0 saturated carbocycles. The van der Waals surface area contributed by atoms with Crippen LogP contribution in [-0.2, 0) is 6.42 Å². The minimum Gasteiger partial charge on any atom is -0.399 e. The highest BCUT2D eigenvalue weighted by atomic mass is 79.9. The Hall–Kier alpha value is -1.39. The summed E-state index contributed by atoms with van der Waals surface area (Å²) < 4.78 is 13.7. The number of hydrogen-bond acceptors (Lipinski definition) is 2. The predicted molar refractivity (Wildman–Crippen MR) is 78.0 cm³/mol. The maximum absolute atomic E-state index is 13.0. The molecule has 0 atom stereocenters. The number of Topliss-reactive ketones (excluding diaryl/α,β-unsaturated/α-hetero) is 1. The van der Waals surface area contributed by atoms with Crippen molar-refractivity contribution >= 4 is 39.0 Å². The van der Waals surface area contributed by atoms with Crippen molar-refractivity contribution in [2.75, 3.05) is 5.73 Å². The molecule has 0 fully saturated rings. The molecule has 2 nitrogen and oxygen atoms in total. The number of nitrogen functional groups attached to an aromatic ring is 1. The highest BCUT2D eigenvalue weighted by molar-refractivity contribution is 9.10. The lowest BCUT2D eigenvalue weighted by molar-refractivity contribution is 0.0992. The average Bonchev–Trinajstić information content (AvgIpc) is 2.36. The largest absolute Gasteiger partial charge is 0.399 e. The van der Waals surface area contributed by atoms with E-state index in [1.54, 1.807) is 24.3 Å². The lowest BCUT2D eigenvalue weighted by Crippen LogP contribution is -2.05. The Bertz CT molecular complexity index is 645. The maximum Gasteiger partial charge on any atom is 0.168 e. The molecule has 0 aliphatic rings. The first-order chi connectivity index (χ1) is 8.97. The molecule has 0 aliphatic carbocycles. The summed E-state index contributed by atoms with van der Waals surface area (Å²) in [5.41, 5.74) is 7.33. The van der Waals surface area contributed by atoms with E-state index in [1.807, 2.05) is 0 Å². The van der Waals surface area contributed by atoms with Crippen LogP contribution >= 0.6 is 27.5 Å². The first kappa shape index (κ1) is 14.0. The van der Waals surface area contributed by atoms with E-state index in [0.29, 0.717) is 21.3 Å². The monoisotopic (exact) mass is 341 g/mol. The zero-order chi connectivity index (χ0) is 14.0. The number of rotatable bonds is 3. The number of benzene rings is 2. The lowest BCUT2D eigenvalue weighted by atomic mass is 10.0. The van der Waals surface area contributed by atoms with E-state index >= 15 is 0 Å². The average molecular weight is 343 g/mol. The Morgan fingerprint density at radius 1 is 1.26 bits per heavy atom. The van der Waals surface area contributed by atoms with Gasteiger partial charge in [0.05, 0.1) is 5.02 Å². The second-order valence-corrected chi connectivity index (χ2v) is 5.35. The van der Waals surface area contributed by atoms with Crippen LogP contribution in [0.3, 0.4) is 0 Å². The van der Waals surface area contributed by atoms with Crippen LogP contribution < -0.4 is 5.73 Å². The molecule has 2 rings (SSSR count). The number of carbonyl (C=O) groups excluding carboxylic acids is 1. The molecule has 0 aliphatic heterocycles. The molecule has 0 unspecified atom stereocenters. The third-order valence-corrected chi connectivity index (χ3v) is 3.62. The van der Waals surface area contributed by atoms with Gasteiger partial charge in [-0.1, -0.05) is 33.6 Å². The Kier molecular flexibility index (Phi) is 4.22. The topological polar surface area (TPSA) is 43.1 Å². The van der Waals surface area contributed by atoms with E-state index in [-0.39, 0.29) is 17.2 Å². The number of carbonyl (C=O) groups is 1. The molecule has 5 heteroatoms. The van der Waals surface area contributed by atoms with Gasteiger partial charge in [-0.15, -0.1) is 0 Å². The Morgan fingerprint density at radius 3 is 2.68 bits per heavy atom. The fourth-order valence-electron chi connectivity index (χ4n) is 1.69. The van der Waals surface area contributed by atoms with Crippen molar-refractivity contribution in [1.29, 1.82) is 0 Å². The van der Waals surface area contributed by atoms with Gasteiger partial charge in [0, 0.05) is 22.1 Å². The molecule has 0 aromatic heterocycles. The fraction of sp³-hybridized carbons (Fsp3) is 0.0714. The van der Waals surface area contributed by atoms with E-state index in [9.17, 15) is 9.18 Å². The molecule has 0 radical (unpaired) electrons. The predicted octanol–water partition coefficient (Wildman–Crippen LogP) is 4.25. The summed E-state index contributed by atoms with van der Waals surface area (Å²) in [7, 11) is 0. The van der Waals surface area contributed by atoms with Gasteiger partial charge in [-0.3, -0.25) is 4.79 Å². The number of halogens is 3. The van der Waals surface area contributed by atoms with Crippen LogP contribution in [0.1, 0.15) is 15.9 Å². The van der Waals surface area contributed by atoms with Crippen LogP contribution in [0.2, 0.25) is 5.02 Å². The van der Waals surface area contributed by atoms with E-state index in [4.69, 9.17) is 17.3 Å². The van der Waals surface area contributed by atoms with Gasteiger partial charge in [0.15, 0.2) is 5.78 Å². The molecule has 0 spiro atoms. The van der Waals surface area contributed by atoms with Crippen molar-refractivity contribution in [2.45, 2.75) is 6.42 Å². The van der Waals surface area contributed by atoms with Gasteiger partial charge >= 0.3 is 0 Å². The van der Waals surface area contributed by atoms with Gasteiger partial charge in [0.25, 0.3) is 0 Å². The zero-order valence-electron chi connectivity index (χ0n) is 9.79. The van der Waals surface area contributed by atoms with E-state index in [0.717, 1.165) is 0 Å². The zero-order valence-corrected chi connectivity index (χ0v) is 12.1. The molecule has 19 heavy (non-hydrogen) atoms. The number of anilines is 1. The van der Waals surface area contributed by atoms with Crippen LogP contribution in [0.5, 0.6) is 0 Å². The van der Waals surface area contributed by atoms with Crippen LogP contribution in [0.4, 0.5) is 10.1 Å². The molecule has 0 saturated heterocycles. The van der Waals surface area contributed by atoms with Gasteiger partial charge in [-0.2, -0.15) is 0 Å². The van der Waals surface area contributed by atoms with Crippen LogP contribution in [0.15, 0.2) is 40.9 Å². The van der Waals surface area contributed by atoms with E-state index in [2.05, 4.69) is 15.9 Å². The molecule has 0 heterocycles. The van der Waals surface area contributed by atoms with Crippen molar-refractivity contribution in [1.82, 2.24) is 0 Å². The third kappa shape index (κ3) is 3.33. The Morgan fingerprint density at radius 2 is 2.00 bits per heavy atom. The summed E-state index contributed by atoms with van der Waals surface area (Å²) in [6.45, 7) is 0. The summed E-state index contributed by atoms with van der Waals surface area (Å²) in [6, 6.07) is 9.28. The number of hydrogen-bond donors (Lipinski definition) is 1. The van der Waals surface area contributed by atoms with Gasteiger partial charge < -0.3 is 5.73 Å². The minimum atomic E-state index is -0.497. The quantitative estimate of drug-likeness (QED) is 0.669. The summed E-state index contributed by atoms with van der Waals surface area (Å²) in [5, 5.41) is 0.0111. The smallest absolute Gasteiger partial charge is 0.168 e. The van der Waals surface area contributed by atoms with Crippen molar-refractivity contribution < 1.29 is 9.18 Å². The molecule has 98 valence electrons. The van der Waals surface area contributed by atoms with Gasteiger partial charge in [0.2, 0.25) is 0 Å². The molecule has 2 N–H and O–H groups in total. The highest BCUT2D eigenvalue weighted by Gasteiger charge is 2.12. The molecule has 0 amide bonds. The summed E-state index contributed by atoms with van der Waals surface area (Å²) >= 11 is 8.99. The Labute approximate surface area is 123 Å². The van der Waals surface area contributed by atoms with Crippen LogP contribution in [0.25, 0.3) is 0 Å². The maximum atomic E-state index is 13.0. The minimum absolute atomic E-state index is 0.0111. The van der Waals surface area contributed by atoms with Gasteiger partial charge in [-0.25, -0.2) is 4.39 Å².